The highest BCUT2D eigenvalue weighted by atomic mass is 32.2. The molecule has 2 heterocycles. The molecule has 0 aliphatic carbocycles. The molecule has 1 aromatic carbocycles. The fourth-order valence-corrected chi connectivity index (χ4v) is 3.69. The van der Waals surface area contributed by atoms with Gasteiger partial charge < -0.3 is 5.32 Å². The first-order valence-electron chi connectivity index (χ1n) is 8.27. The molecule has 0 spiro atoms. The van der Waals surface area contributed by atoms with E-state index in [2.05, 4.69) is 20.8 Å². The Kier molecular flexibility index (Phi) is 4.51. The number of para-hydroxylation sites is 2. The van der Waals surface area contributed by atoms with E-state index in [-0.39, 0.29) is 23.1 Å². The number of anilines is 2. The first-order valence-corrected chi connectivity index (χ1v) is 9.26. The molecule has 26 heavy (non-hydrogen) atoms. The topological polar surface area (TPSA) is 93.0 Å². The van der Waals surface area contributed by atoms with Gasteiger partial charge in [-0.2, -0.15) is 0 Å². The van der Waals surface area contributed by atoms with Gasteiger partial charge in [-0.1, -0.05) is 23.9 Å². The Morgan fingerprint density at radius 2 is 1.96 bits per heavy atom. The van der Waals surface area contributed by atoms with Crippen molar-refractivity contribution in [2.75, 3.05) is 16.0 Å². The summed E-state index contributed by atoms with van der Waals surface area (Å²) in [5.41, 5.74) is 0.0565. The number of hydrogen-bond donors (Lipinski definition) is 1. The van der Waals surface area contributed by atoms with Gasteiger partial charge in [0.05, 0.1) is 22.7 Å². The molecule has 0 atom stereocenters. The van der Waals surface area contributed by atoms with E-state index < -0.39 is 5.54 Å². The smallest absolute Gasteiger partial charge is 0.250 e. The molecular formula is C17H22N6O2S. The molecule has 138 valence electrons. The van der Waals surface area contributed by atoms with Crippen LogP contribution in [0.5, 0.6) is 0 Å². The number of benzene rings is 1. The van der Waals surface area contributed by atoms with Crippen LogP contribution < -0.4 is 10.2 Å². The quantitative estimate of drug-likeness (QED) is 0.829. The van der Waals surface area contributed by atoms with Crippen molar-refractivity contribution in [2.24, 2.45) is 0 Å². The Balaban J connectivity index is 1.86. The van der Waals surface area contributed by atoms with Gasteiger partial charge in [0.2, 0.25) is 17.0 Å². The zero-order chi connectivity index (χ0) is 19.1. The first kappa shape index (κ1) is 18.4. The van der Waals surface area contributed by atoms with E-state index in [9.17, 15) is 9.59 Å². The van der Waals surface area contributed by atoms with E-state index in [0.717, 1.165) is 0 Å². The SMILES string of the molecule is CC1(C)C(=O)Nc2ccccc2N1C(=O)CSc1nnnn1C(C)(C)C. The Labute approximate surface area is 156 Å². The number of nitrogens with zero attached hydrogens (tertiary/aromatic N) is 5. The van der Waals surface area contributed by atoms with Crippen LogP contribution in [0.25, 0.3) is 0 Å². The van der Waals surface area contributed by atoms with Crippen LogP contribution in [0, 0.1) is 0 Å². The van der Waals surface area contributed by atoms with Gasteiger partial charge in [-0.25, -0.2) is 4.68 Å². The summed E-state index contributed by atoms with van der Waals surface area (Å²) in [5, 5.41) is 15.1. The van der Waals surface area contributed by atoms with Crippen LogP contribution in [-0.4, -0.2) is 43.3 Å². The molecule has 1 N–H and O–H groups in total. The molecule has 1 aliphatic rings. The van der Waals surface area contributed by atoms with Crippen LogP contribution in [-0.2, 0) is 15.1 Å². The number of hydrogen-bond acceptors (Lipinski definition) is 6. The summed E-state index contributed by atoms with van der Waals surface area (Å²) < 4.78 is 1.69. The molecule has 1 aromatic heterocycles. The lowest BCUT2D eigenvalue weighted by Gasteiger charge is -2.42. The van der Waals surface area contributed by atoms with Crippen LogP contribution in [0.3, 0.4) is 0 Å². The molecule has 1 aliphatic heterocycles. The molecule has 0 bridgehead atoms. The number of tetrazole rings is 1. The lowest BCUT2D eigenvalue weighted by atomic mass is 9.96. The number of fused-ring (bicyclic) bond motifs is 1. The number of rotatable bonds is 3. The third-order valence-electron chi connectivity index (χ3n) is 4.16. The Morgan fingerprint density at radius 3 is 2.65 bits per heavy atom. The van der Waals surface area contributed by atoms with Gasteiger partial charge in [0.1, 0.15) is 5.54 Å². The van der Waals surface area contributed by atoms with Crippen LogP contribution in [0.15, 0.2) is 29.4 Å². The van der Waals surface area contributed by atoms with Crippen molar-refractivity contribution in [1.82, 2.24) is 20.2 Å². The zero-order valence-electron chi connectivity index (χ0n) is 15.5. The van der Waals surface area contributed by atoms with E-state index >= 15 is 0 Å². The highest BCUT2D eigenvalue weighted by Crippen LogP contribution is 2.37. The molecular weight excluding hydrogens is 352 g/mol. The van der Waals surface area contributed by atoms with Gasteiger partial charge in [0.15, 0.2) is 0 Å². The summed E-state index contributed by atoms with van der Waals surface area (Å²) in [6.45, 7) is 9.44. The number of thioether (sulfide) groups is 1. The fourth-order valence-electron chi connectivity index (χ4n) is 2.78. The summed E-state index contributed by atoms with van der Waals surface area (Å²) in [6.07, 6.45) is 0. The summed E-state index contributed by atoms with van der Waals surface area (Å²) >= 11 is 1.26. The molecule has 8 nitrogen and oxygen atoms in total. The third-order valence-corrected chi connectivity index (χ3v) is 5.06. The second kappa shape index (κ2) is 6.39. The maximum Gasteiger partial charge on any atom is 0.250 e. The molecule has 0 fully saturated rings. The predicted octanol–water partition coefficient (Wildman–Crippen LogP) is 2.28. The fraction of sp³-hybridized carbons (Fsp3) is 0.471. The molecule has 9 heteroatoms. The lowest BCUT2D eigenvalue weighted by molar-refractivity contribution is -0.125. The average Bonchev–Trinajstić information content (AvgIpc) is 3.02. The maximum atomic E-state index is 13.0. The van der Waals surface area contributed by atoms with Crippen molar-refractivity contribution in [2.45, 2.75) is 50.9 Å². The minimum atomic E-state index is -0.984. The monoisotopic (exact) mass is 374 g/mol. The summed E-state index contributed by atoms with van der Waals surface area (Å²) in [4.78, 5) is 27.0. The molecule has 3 rings (SSSR count). The van der Waals surface area contributed by atoms with Crippen molar-refractivity contribution in [1.29, 1.82) is 0 Å². The van der Waals surface area contributed by atoms with E-state index in [0.29, 0.717) is 16.5 Å². The normalized spacial score (nSPS) is 16.2. The molecule has 2 aromatic rings. The van der Waals surface area contributed by atoms with Crippen LogP contribution in [0.4, 0.5) is 11.4 Å². The standard InChI is InChI=1S/C17H22N6O2S/c1-16(2,3)23-15(19-20-21-23)26-10-13(24)22-12-9-7-6-8-11(12)18-14(25)17(22,4)5/h6-9H,10H2,1-5H3,(H,18,25). The number of aromatic nitrogens is 4. The second-order valence-electron chi connectivity index (χ2n) is 7.59. The van der Waals surface area contributed by atoms with Crippen LogP contribution >= 0.6 is 11.8 Å². The summed E-state index contributed by atoms with van der Waals surface area (Å²) in [7, 11) is 0. The molecule has 0 saturated heterocycles. The minimum Gasteiger partial charge on any atom is -0.322 e. The summed E-state index contributed by atoms with van der Waals surface area (Å²) in [5.74, 6) is -0.263. The number of carbonyl (C=O) groups excluding carboxylic acids is 2. The highest BCUT2D eigenvalue weighted by molar-refractivity contribution is 7.99. The second-order valence-corrected chi connectivity index (χ2v) is 8.53. The van der Waals surface area contributed by atoms with Crippen molar-refractivity contribution >= 4 is 35.0 Å². The van der Waals surface area contributed by atoms with Crippen molar-refractivity contribution < 1.29 is 9.59 Å². The minimum absolute atomic E-state index is 0.126. The predicted molar refractivity (Wildman–Crippen MR) is 100 cm³/mol. The van der Waals surface area contributed by atoms with E-state index in [1.54, 1.807) is 29.5 Å². The maximum absolute atomic E-state index is 13.0. The highest BCUT2D eigenvalue weighted by Gasteiger charge is 2.43. The zero-order valence-corrected chi connectivity index (χ0v) is 16.3. The Hall–Kier alpha value is -2.42. The van der Waals surface area contributed by atoms with Gasteiger partial charge in [-0.3, -0.25) is 14.5 Å². The largest absolute Gasteiger partial charge is 0.322 e. The van der Waals surface area contributed by atoms with Gasteiger partial charge >= 0.3 is 0 Å². The van der Waals surface area contributed by atoms with Gasteiger partial charge in [0, 0.05) is 0 Å². The van der Waals surface area contributed by atoms with E-state index in [1.165, 1.54) is 11.8 Å². The lowest BCUT2D eigenvalue weighted by Crippen LogP contribution is -2.59. The van der Waals surface area contributed by atoms with Crippen LogP contribution in [0.1, 0.15) is 34.6 Å². The third kappa shape index (κ3) is 3.18. The average molecular weight is 374 g/mol. The number of nitrogens with one attached hydrogen (secondary N) is 1. The molecule has 0 radical (unpaired) electrons. The van der Waals surface area contributed by atoms with Gasteiger partial charge in [-0.15, -0.1) is 5.10 Å². The van der Waals surface area contributed by atoms with Gasteiger partial charge in [-0.05, 0) is 57.2 Å². The molecule has 0 unspecified atom stereocenters. The van der Waals surface area contributed by atoms with Gasteiger partial charge in [0.25, 0.3) is 0 Å². The van der Waals surface area contributed by atoms with Crippen LogP contribution in [0.2, 0.25) is 0 Å². The van der Waals surface area contributed by atoms with E-state index in [4.69, 9.17) is 0 Å². The Bertz CT molecular complexity index is 855. The number of amides is 2. The van der Waals surface area contributed by atoms with Crippen molar-refractivity contribution in [3.63, 3.8) is 0 Å². The summed E-state index contributed by atoms with van der Waals surface area (Å²) in [6, 6.07) is 7.29. The Morgan fingerprint density at radius 1 is 1.27 bits per heavy atom. The van der Waals surface area contributed by atoms with Crippen molar-refractivity contribution in [3.8, 4) is 0 Å². The number of carbonyl (C=O) groups is 2. The van der Waals surface area contributed by atoms with E-state index in [1.807, 2.05) is 39.0 Å². The first-order chi connectivity index (χ1) is 12.1. The molecule has 0 saturated carbocycles. The van der Waals surface area contributed by atoms with Crippen molar-refractivity contribution in [3.05, 3.63) is 24.3 Å². The molecule has 2 amide bonds.